The number of aromatic hydroxyl groups is 2. The number of aliphatic hydroxyl groups excluding tert-OH is 1. The first kappa shape index (κ1) is 12.0. The van der Waals surface area contributed by atoms with E-state index in [-0.39, 0.29) is 23.2 Å². The number of phenolic OH excluding ortho intramolecular Hbond substituents is 2. The minimum atomic E-state index is 0.0286. The van der Waals surface area contributed by atoms with Crippen LogP contribution in [0.15, 0.2) is 60.4 Å². The van der Waals surface area contributed by atoms with Gasteiger partial charge in [0.2, 0.25) is 0 Å². The lowest BCUT2D eigenvalue weighted by Crippen LogP contribution is -1.84. The van der Waals surface area contributed by atoms with Gasteiger partial charge in [0.05, 0.1) is 0 Å². The molecule has 0 heterocycles. The zero-order chi connectivity index (χ0) is 13.0. The topological polar surface area (TPSA) is 60.7 Å². The van der Waals surface area contributed by atoms with Gasteiger partial charge in [-0.3, -0.25) is 0 Å². The zero-order valence-electron chi connectivity index (χ0n) is 9.69. The van der Waals surface area contributed by atoms with Gasteiger partial charge in [0.15, 0.2) is 0 Å². The normalized spacial score (nSPS) is 18.9. The first-order chi connectivity index (χ1) is 8.63. The summed E-state index contributed by atoms with van der Waals surface area (Å²) in [6.07, 6.45) is 12.5. The maximum absolute atomic E-state index is 9.35. The maximum atomic E-state index is 9.35. The van der Waals surface area contributed by atoms with Crippen molar-refractivity contribution in [2.45, 2.75) is 0 Å². The van der Waals surface area contributed by atoms with Crippen LogP contribution < -0.4 is 0 Å². The van der Waals surface area contributed by atoms with Gasteiger partial charge in [-0.1, -0.05) is 30.4 Å². The number of hydrogen-bond acceptors (Lipinski definition) is 3. The van der Waals surface area contributed by atoms with E-state index in [0.717, 1.165) is 5.56 Å². The Balaban J connectivity index is 2.14. The first-order valence-electron chi connectivity index (χ1n) is 5.60. The lowest BCUT2D eigenvalue weighted by molar-refractivity contribution is 0.432. The standard InChI is InChI=1S/C15H14O3/c16-13-3-1-2-11(6-7-13)4-5-12-8-14(17)10-15(18)9-12/h1-11,16-18H/b5-4+. The molecule has 0 fully saturated rings. The SMILES string of the molecule is OC1=CC=CC(/C=C/c2cc(O)cc(O)c2)C=C1. The Hall–Kier alpha value is -2.42. The van der Waals surface area contributed by atoms with Crippen molar-refractivity contribution in [1.29, 1.82) is 0 Å². The molecule has 92 valence electrons. The van der Waals surface area contributed by atoms with Gasteiger partial charge in [-0.2, -0.15) is 0 Å². The third-order valence-electron chi connectivity index (χ3n) is 2.53. The smallest absolute Gasteiger partial charge is 0.119 e. The monoisotopic (exact) mass is 242 g/mol. The summed E-state index contributed by atoms with van der Waals surface area (Å²) in [6, 6.07) is 4.41. The van der Waals surface area contributed by atoms with Gasteiger partial charge in [0, 0.05) is 12.0 Å². The van der Waals surface area contributed by atoms with Crippen LogP contribution in [0.1, 0.15) is 5.56 Å². The summed E-state index contributed by atoms with van der Waals surface area (Å²) in [5, 5.41) is 28.0. The van der Waals surface area contributed by atoms with E-state index in [2.05, 4.69) is 0 Å². The molecule has 1 unspecified atom stereocenters. The van der Waals surface area contributed by atoms with Crippen molar-refractivity contribution in [3.8, 4) is 11.5 Å². The number of phenols is 2. The molecule has 1 aromatic carbocycles. The molecule has 0 aliphatic heterocycles. The molecule has 0 saturated heterocycles. The minimum Gasteiger partial charge on any atom is -0.508 e. The van der Waals surface area contributed by atoms with Gasteiger partial charge >= 0.3 is 0 Å². The van der Waals surface area contributed by atoms with E-state index in [9.17, 15) is 15.3 Å². The third-order valence-corrected chi connectivity index (χ3v) is 2.53. The number of aliphatic hydroxyl groups is 1. The Kier molecular flexibility index (Phi) is 3.53. The average Bonchev–Trinajstić information content (AvgIpc) is 2.50. The zero-order valence-corrected chi connectivity index (χ0v) is 9.69. The van der Waals surface area contributed by atoms with Crippen molar-refractivity contribution in [2.75, 3.05) is 0 Å². The Morgan fingerprint density at radius 3 is 2.39 bits per heavy atom. The van der Waals surface area contributed by atoms with Crippen molar-refractivity contribution in [1.82, 2.24) is 0 Å². The van der Waals surface area contributed by atoms with E-state index in [4.69, 9.17) is 0 Å². The van der Waals surface area contributed by atoms with Gasteiger partial charge in [0.25, 0.3) is 0 Å². The Morgan fingerprint density at radius 1 is 0.944 bits per heavy atom. The molecule has 0 radical (unpaired) electrons. The van der Waals surface area contributed by atoms with E-state index < -0.39 is 0 Å². The van der Waals surface area contributed by atoms with Crippen LogP contribution >= 0.6 is 0 Å². The van der Waals surface area contributed by atoms with Crippen molar-refractivity contribution in [3.63, 3.8) is 0 Å². The number of allylic oxidation sites excluding steroid dienone is 6. The van der Waals surface area contributed by atoms with Gasteiger partial charge in [-0.15, -0.1) is 0 Å². The van der Waals surface area contributed by atoms with Crippen LogP contribution in [0.25, 0.3) is 6.08 Å². The van der Waals surface area contributed by atoms with Crippen molar-refractivity contribution in [3.05, 3.63) is 66.0 Å². The molecule has 1 aliphatic carbocycles. The molecule has 2 rings (SSSR count). The summed E-state index contributed by atoms with van der Waals surface area (Å²) in [4.78, 5) is 0. The molecule has 0 aromatic heterocycles. The van der Waals surface area contributed by atoms with E-state index >= 15 is 0 Å². The molecule has 1 aliphatic rings. The molecule has 0 saturated carbocycles. The highest BCUT2D eigenvalue weighted by molar-refractivity contribution is 5.55. The minimum absolute atomic E-state index is 0.0286. The molecule has 18 heavy (non-hydrogen) atoms. The molecular weight excluding hydrogens is 228 g/mol. The van der Waals surface area contributed by atoms with E-state index in [0.29, 0.717) is 0 Å². The summed E-state index contributed by atoms with van der Waals surface area (Å²) in [6.45, 7) is 0. The molecule has 1 atom stereocenters. The predicted molar refractivity (Wildman–Crippen MR) is 71.3 cm³/mol. The van der Waals surface area contributed by atoms with Crippen LogP contribution in [-0.4, -0.2) is 15.3 Å². The maximum Gasteiger partial charge on any atom is 0.119 e. The summed E-state index contributed by atoms with van der Waals surface area (Å²) < 4.78 is 0. The van der Waals surface area contributed by atoms with Crippen LogP contribution in [0.3, 0.4) is 0 Å². The highest BCUT2D eigenvalue weighted by atomic mass is 16.3. The lowest BCUT2D eigenvalue weighted by Gasteiger charge is -2.01. The second-order valence-electron chi connectivity index (χ2n) is 4.05. The molecular formula is C15H14O3. The Morgan fingerprint density at radius 2 is 1.67 bits per heavy atom. The van der Waals surface area contributed by atoms with E-state index in [1.165, 1.54) is 6.07 Å². The molecule has 0 bridgehead atoms. The van der Waals surface area contributed by atoms with Crippen LogP contribution in [0, 0.1) is 5.92 Å². The highest BCUT2D eigenvalue weighted by Crippen LogP contribution is 2.22. The molecule has 3 nitrogen and oxygen atoms in total. The summed E-state index contributed by atoms with van der Waals surface area (Å²) >= 11 is 0. The lowest BCUT2D eigenvalue weighted by atomic mass is 10.1. The third kappa shape index (κ3) is 3.28. The molecule has 3 N–H and O–H groups in total. The second-order valence-corrected chi connectivity index (χ2v) is 4.05. The molecule has 1 aromatic rings. The fourth-order valence-corrected chi connectivity index (χ4v) is 1.68. The van der Waals surface area contributed by atoms with Crippen LogP contribution in [0.5, 0.6) is 11.5 Å². The Labute approximate surface area is 105 Å². The number of hydrogen-bond donors (Lipinski definition) is 3. The van der Waals surface area contributed by atoms with E-state index in [1.807, 2.05) is 18.2 Å². The predicted octanol–water partition coefficient (Wildman–Crippen LogP) is 3.30. The molecule has 0 spiro atoms. The van der Waals surface area contributed by atoms with Gasteiger partial charge in [-0.05, 0) is 29.8 Å². The first-order valence-corrected chi connectivity index (χ1v) is 5.60. The largest absolute Gasteiger partial charge is 0.508 e. The summed E-state index contributed by atoms with van der Waals surface area (Å²) in [7, 11) is 0. The fraction of sp³-hybridized carbons (Fsp3) is 0.0667. The number of rotatable bonds is 2. The van der Waals surface area contributed by atoms with Crippen molar-refractivity contribution in [2.24, 2.45) is 5.92 Å². The quantitative estimate of drug-likeness (QED) is 0.745. The second kappa shape index (κ2) is 5.27. The van der Waals surface area contributed by atoms with Crippen LogP contribution in [0.4, 0.5) is 0 Å². The summed E-state index contributed by atoms with van der Waals surface area (Å²) in [5.74, 6) is 0.342. The van der Waals surface area contributed by atoms with Crippen molar-refractivity contribution < 1.29 is 15.3 Å². The van der Waals surface area contributed by atoms with Gasteiger partial charge < -0.3 is 15.3 Å². The average molecular weight is 242 g/mol. The highest BCUT2D eigenvalue weighted by Gasteiger charge is 1.99. The fourth-order valence-electron chi connectivity index (χ4n) is 1.68. The molecule has 0 amide bonds. The van der Waals surface area contributed by atoms with Crippen molar-refractivity contribution >= 4 is 6.08 Å². The van der Waals surface area contributed by atoms with Gasteiger partial charge in [-0.25, -0.2) is 0 Å². The van der Waals surface area contributed by atoms with Crippen LogP contribution in [0.2, 0.25) is 0 Å². The van der Waals surface area contributed by atoms with Gasteiger partial charge in [0.1, 0.15) is 17.3 Å². The van der Waals surface area contributed by atoms with E-state index in [1.54, 1.807) is 36.4 Å². The Bertz CT molecular complexity index is 531. The summed E-state index contributed by atoms with van der Waals surface area (Å²) in [5.41, 5.74) is 0.718. The molecule has 3 heteroatoms. The van der Waals surface area contributed by atoms with Crippen LogP contribution in [-0.2, 0) is 0 Å². The number of benzene rings is 1.